The van der Waals surface area contributed by atoms with Gasteiger partial charge in [-0.05, 0) is 0 Å². The van der Waals surface area contributed by atoms with Crippen LogP contribution in [0.1, 0.15) is 17.7 Å². The molecule has 2 N–H and O–H groups in total. The molecule has 11 heavy (non-hydrogen) atoms. The van der Waals surface area contributed by atoms with E-state index in [1.165, 1.54) is 0 Å². The minimum Gasteiger partial charge on any atom is -0.361 e. The van der Waals surface area contributed by atoms with E-state index < -0.39 is 6.29 Å². The van der Waals surface area contributed by atoms with Gasteiger partial charge in [-0.1, -0.05) is 0 Å². The van der Waals surface area contributed by atoms with Crippen molar-refractivity contribution >= 4 is 0 Å². The highest BCUT2D eigenvalue weighted by Crippen LogP contribution is 2.15. The second-order valence-electron chi connectivity index (χ2n) is 2.70. The lowest BCUT2D eigenvalue weighted by atomic mass is 10.3. The SMILES string of the molecule is Cc1[nH]c[n+]2c1C(O)OCC2. The van der Waals surface area contributed by atoms with Crippen LogP contribution < -0.4 is 4.57 Å². The van der Waals surface area contributed by atoms with Crippen LogP contribution in [-0.4, -0.2) is 16.7 Å². The summed E-state index contributed by atoms with van der Waals surface area (Å²) in [6, 6.07) is 0. The summed E-state index contributed by atoms with van der Waals surface area (Å²) in [7, 11) is 0. The molecule has 1 aromatic rings. The number of aliphatic hydroxyl groups excluding tert-OH is 1. The van der Waals surface area contributed by atoms with Gasteiger partial charge in [0.15, 0.2) is 0 Å². The summed E-state index contributed by atoms with van der Waals surface area (Å²) in [6.45, 7) is 3.32. The van der Waals surface area contributed by atoms with Gasteiger partial charge >= 0.3 is 0 Å². The third-order valence-corrected chi connectivity index (χ3v) is 1.97. The molecule has 1 unspecified atom stereocenters. The Labute approximate surface area is 64.4 Å². The van der Waals surface area contributed by atoms with Crippen molar-refractivity contribution in [3.8, 4) is 0 Å². The van der Waals surface area contributed by atoms with Gasteiger partial charge in [-0.3, -0.25) is 0 Å². The van der Waals surface area contributed by atoms with Crippen molar-refractivity contribution in [2.45, 2.75) is 19.8 Å². The summed E-state index contributed by atoms with van der Waals surface area (Å²) in [5, 5.41) is 9.37. The molecule has 0 bridgehead atoms. The number of aryl methyl sites for hydroxylation is 1. The maximum atomic E-state index is 9.37. The summed E-state index contributed by atoms with van der Waals surface area (Å²) in [5.74, 6) is 0. The van der Waals surface area contributed by atoms with Crippen LogP contribution in [0, 0.1) is 6.92 Å². The zero-order valence-corrected chi connectivity index (χ0v) is 6.37. The topological polar surface area (TPSA) is 49.1 Å². The average molecular weight is 155 g/mol. The van der Waals surface area contributed by atoms with Crippen molar-refractivity contribution in [2.24, 2.45) is 0 Å². The molecule has 4 heteroatoms. The number of nitrogens with zero attached hydrogens (tertiary/aromatic N) is 1. The van der Waals surface area contributed by atoms with Crippen LogP contribution >= 0.6 is 0 Å². The number of hydrogen-bond acceptors (Lipinski definition) is 2. The summed E-state index contributed by atoms with van der Waals surface area (Å²) < 4.78 is 7.03. The number of fused-ring (bicyclic) bond motifs is 1. The Morgan fingerprint density at radius 1 is 1.82 bits per heavy atom. The van der Waals surface area contributed by atoms with Gasteiger partial charge in [-0.2, -0.15) is 0 Å². The Kier molecular flexibility index (Phi) is 1.44. The second-order valence-corrected chi connectivity index (χ2v) is 2.70. The third-order valence-electron chi connectivity index (χ3n) is 1.97. The molecular weight excluding hydrogens is 144 g/mol. The Hall–Kier alpha value is -0.870. The van der Waals surface area contributed by atoms with Gasteiger partial charge in [0.25, 0.3) is 0 Å². The highest BCUT2D eigenvalue weighted by Gasteiger charge is 2.26. The van der Waals surface area contributed by atoms with Gasteiger partial charge in [0.05, 0.1) is 6.61 Å². The number of aliphatic hydroxyl groups is 1. The van der Waals surface area contributed by atoms with Gasteiger partial charge in [0.1, 0.15) is 12.2 Å². The molecule has 0 aromatic carbocycles. The van der Waals surface area contributed by atoms with Crippen LogP contribution in [0.15, 0.2) is 6.33 Å². The number of nitrogens with one attached hydrogen (secondary N) is 1. The number of aromatic nitrogens is 2. The summed E-state index contributed by atoms with van der Waals surface area (Å²) in [5.41, 5.74) is 1.81. The maximum absolute atomic E-state index is 9.37. The molecule has 2 heterocycles. The van der Waals surface area contributed by atoms with E-state index in [0.717, 1.165) is 17.9 Å². The van der Waals surface area contributed by atoms with E-state index in [1.54, 1.807) is 0 Å². The van der Waals surface area contributed by atoms with E-state index in [1.807, 2.05) is 17.8 Å². The van der Waals surface area contributed by atoms with E-state index in [-0.39, 0.29) is 0 Å². The van der Waals surface area contributed by atoms with Crippen LogP contribution in [0.2, 0.25) is 0 Å². The minimum absolute atomic E-state index is 0.579. The molecule has 0 saturated heterocycles. The van der Waals surface area contributed by atoms with Crippen LogP contribution in [0.5, 0.6) is 0 Å². The van der Waals surface area contributed by atoms with E-state index in [0.29, 0.717) is 6.61 Å². The van der Waals surface area contributed by atoms with E-state index >= 15 is 0 Å². The molecule has 4 nitrogen and oxygen atoms in total. The zero-order chi connectivity index (χ0) is 7.84. The third kappa shape index (κ3) is 0.948. The average Bonchev–Trinajstić information content (AvgIpc) is 2.34. The first-order valence-corrected chi connectivity index (χ1v) is 3.66. The lowest BCUT2D eigenvalue weighted by molar-refractivity contribution is -0.723. The van der Waals surface area contributed by atoms with Gasteiger partial charge < -0.3 is 9.84 Å². The smallest absolute Gasteiger partial charge is 0.242 e. The highest BCUT2D eigenvalue weighted by atomic mass is 16.6. The fourth-order valence-corrected chi connectivity index (χ4v) is 1.39. The van der Waals surface area contributed by atoms with Gasteiger partial charge in [0, 0.05) is 6.92 Å². The first-order chi connectivity index (χ1) is 5.29. The molecule has 0 fully saturated rings. The van der Waals surface area contributed by atoms with Crippen molar-refractivity contribution in [3.63, 3.8) is 0 Å². The standard InChI is InChI=1S/C7H10N2O2/c1-5-6-7(10)11-3-2-9(6)4-8-5/h4,7,10H,2-3H2,1H3/p+1. The quantitative estimate of drug-likeness (QED) is 0.502. The van der Waals surface area contributed by atoms with Gasteiger partial charge in [-0.15, -0.1) is 0 Å². The van der Waals surface area contributed by atoms with Crippen LogP contribution in [0.25, 0.3) is 0 Å². The molecule has 1 aliphatic heterocycles. The largest absolute Gasteiger partial charge is 0.361 e. The fourth-order valence-electron chi connectivity index (χ4n) is 1.39. The summed E-state index contributed by atoms with van der Waals surface area (Å²) >= 11 is 0. The fraction of sp³-hybridized carbons (Fsp3) is 0.571. The van der Waals surface area contributed by atoms with E-state index in [4.69, 9.17) is 4.74 Å². The normalized spacial score (nSPS) is 23.3. The Morgan fingerprint density at radius 2 is 2.64 bits per heavy atom. The number of aromatic amines is 1. The maximum Gasteiger partial charge on any atom is 0.242 e. The molecule has 2 rings (SSSR count). The van der Waals surface area contributed by atoms with Crippen LogP contribution in [0.4, 0.5) is 0 Å². The molecule has 1 aromatic heterocycles. The molecule has 0 saturated carbocycles. The minimum atomic E-state index is -0.755. The molecule has 0 spiro atoms. The summed E-state index contributed by atoms with van der Waals surface area (Å²) in [4.78, 5) is 3.03. The van der Waals surface area contributed by atoms with Crippen molar-refractivity contribution in [1.82, 2.24) is 4.98 Å². The van der Waals surface area contributed by atoms with Gasteiger partial charge in [0.2, 0.25) is 18.3 Å². The van der Waals surface area contributed by atoms with Crippen LogP contribution in [-0.2, 0) is 11.3 Å². The van der Waals surface area contributed by atoms with Crippen molar-refractivity contribution < 1.29 is 14.4 Å². The number of hydrogen-bond donors (Lipinski definition) is 2. The lowest BCUT2D eigenvalue weighted by Gasteiger charge is -2.15. The monoisotopic (exact) mass is 155 g/mol. The number of H-pyrrole nitrogens is 1. The first-order valence-electron chi connectivity index (χ1n) is 3.66. The predicted molar refractivity (Wildman–Crippen MR) is 36.6 cm³/mol. The van der Waals surface area contributed by atoms with Gasteiger partial charge in [-0.25, -0.2) is 9.55 Å². The Balaban J connectivity index is 2.48. The predicted octanol–water partition coefficient (Wildman–Crippen LogP) is -0.368. The molecule has 0 aliphatic carbocycles. The van der Waals surface area contributed by atoms with Crippen LogP contribution in [0.3, 0.4) is 0 Å². The molecule has 0 amide bonds. The lowest BCUT2D eigenvalue weighted by Crippen LogP contribution is -2.44. The van der Waals surface area contributed by atoms with Crippen molar-refractivity contribution in [1.29, 1.82) is 0 Å². The molecule has 1 aliphatic rings. The number of rotatable bonds is 0. The summed E-state index contributed by atoms with van der Waals surface area (Å²) in [6.07, 6.45) is 1.10. The zero-order valence-electron chi connectivity index (χ0n) is 6.37. The second kappa shape index (κ2) is 2.32. The number of ether oxygens (including phenoxy) is 1. The molecule has 1 atom stereocenters. The molecule has 60 valence electrons. The Bertz CT molecular complexity index is 269. The first kappa shape index (κ1) is 6.82. The molecule has 0 radical (unpaired) electrons. The van der Waals surface area contributed by atoms with Crippen molar-refractivity contribution in [3.05, 3.63) is 17.7 Å². The van der Waals surface area contributed by atoms with E-state index in [9.17, 15) is 5.11 Å². The van der Waals surface area contributed by atoms with E-state index in [2.05, 4.69) is 4.98 Å². The highest BCUT2D eigenvalue weighted by molar-refractivity contribution is 5.04. The van der Waals surface area contributed by atoms with Crippen molar-refractivity contribution in [2.75, 3.05) is 6.61 Å². The Morgan fingerprint density at radius 3 is 3.36 bits per heavy atom. The number of imidazole rings is 1. The molecular formula is C7H11N2O2+.